The van der Waals surface area contributed by atoms with Gasteiger partial charge in [0.05, 0.1) is 24.2 Å². The van der Waals surface area contributed by atoms with Crippen LogP contribution >= 0.6 is 0 Å². The van der Waals surface area contributed by atoms with Gasteiger partial charge in [0, 0.05) is 11.5 Å². The average molecular weight is 336 g/mol. The van der Waals surface area contributed by atoms with Gasteiger partial charge in [0.25, 0.3) is 0 Å². The van der Waals surface area contributed by atoms with Crippen LogP contribution in [0.4, 0.5) is 0 Å². The lowest BCUT2D eigenvalue weighted by molar-refractivity contribution is -0.147. The van der Waals surface area contributed by atoms with E-state index in [4.69, 9.17) is 4.74 Å². The standard InChI is InChI=1S/C22H24O3/c1-22(2)20(21(24)17-11-7-4-8-12-17)18(19(23)15-25-22)14-13-16-9-5-3-6-10-16/h3-14,18-20,23H,15H2,1-2H3/b14-13+/t18-,19+,20-/m0/s1. The number of hydrogen-bond donors (Lipinski definition) is 1. The molecule has 1 fully saturated rings. The zero-order chi connectivity index (χ0) is 17.9. The van der Waals surface area contributed by atoms with Crippen LogP contribution in [0.1, 0.15) is 29.8 Å². The number of carbonyl (C=O) groups is 1. The van der Waals surface area contributed by atoms with Gasteiger partial charge in [-0.05, 0) is 19.4 Å². The van der Waals surface area contributed by atoms with E-state index in [1.54, 1.807) is 0 Å². The number of ketones is 1. The summed E-state index contributed by atoms with van der Waals surface area (Å²) in [4.78, 5) is 13.2. The molecular formula is C22H24O3. The molecule has 1 N–H and O–H groups in total. The number of carbonyl (C=O) groups excluding carboxylic acids is 1. The monoisotopic (exact) mass is 336 g/mol. The van der Waals surface area contributed by atoms with Gasteiger partial charge < -0.3 is 9.84 Å². The van der Waals surface area contributed by atoms with Crippen LogP contribution < -0.4 is 0 Å². The highest BCUT2D eigenvalue weighted by molar-refractivity contribution is 5.99. The molecule has 0 aliphatic carbocycles. The van der Waals surface area contributed by atoms with E-state index in [0.29, 0.717) is 5.56 Å². The van der Waals surface area contributed by atoms with Crippen molar-refractivity contribution >= 4 is 11.9 Å². The van der Waals surface area contributed by atoms with Gasteiger partial charge in [-0.1, -0.05) is 72.8 Å². The topological polar surface area (TPSA) is 46.5 Å². The van der Waals surface area contributed by atoms with E-state index in [2.05, 4.69) is 0 Å². The molecule has 0 unspecified atom stereocenters. The normalized spacial score (nSPS) is 25.8. The van der Waals surface area contributed by atoms with Crippen LogP contribution in [0.3, 0.4) is 0 Å². The van der Waals surface area contributed by atoms with Crippen LogP contribution in [0.15, 0.2) is 66.7 Å². The Labute approximate surface area is 149 Å². The zero-order valence-electron chi connectivity index (χ0n) is 14.6. The smallest absolute Gasteiger partial charge is 0.169 e. The summed E-state index contributed by atoms with van der Waals surface area (Å²) in [6.45, 7) is 4.08. The summed E-state index contributed by atoms with van der Waals surface area (Å²) in [7, 11) is 0. The second-order valence-corrected chi connectivity index (χ2v) is 7.04. The van der Waals surface area contributed by atoms with E-state index in [1.165, 1.54) is 0 Å². The van der Waals surface area contributed by atoms with Crippen molar-refractivity contribution in [3.8, 4) is 0 Å². The maximum atomic E-state index is 13.2. The quantitative estimate of drug-likeness (QED) is 0.859. The van der Waals surface area contributed by atoms with Crippen molar-refractivity contribution in [1.82, 2.24) is 0 Å². The SMILES string of the molecule is CC1(C)OC[C@@H](O)[C@H](/C=C/c2ccccc2)[C@H]1C(=O)c1ccccc1. The molecular weight excluding hydrogens is 312 g/mol. The highest BCUT2D eigenvalue weighted by Gasteiger charge is 2.47. The van der Waals surface area contributed by atoms with E-state index < -0.39 is 17.6 Å². The highest BCUT2D eigenvalue weighted by atomic mass is 16.5. The molecule has 1 aliphatic rings. The highest BCUT2D eigenvalue weighted by Crippen LogP contribution is 2.38. The molecule has 0 spiro atoms. The number of aliphatic hydroxyl groups is 1. The van der Waals surface area contributed by atoms with Crippen molar-refractivity contribution in [2.75, 3.05) is 6.61 Å². The van der Waals surface area contributed by atoms with Gasteiger partial charge in [-0.25, -0.2) is 0 Å². The van der Waals surface area contributed by atoms with Gasteiger partial charge in [0.1, 0.15) is 0 Å². The van der Waals surface area contributed by atoms with Gasteiger partial charge in [-0.3, -0.25) is 4.79 Å². The predicted octanol–water partition coefficient (Wildman–Crippen LogP) is 3.98. The number of rotatable bonds is 4. The summed E-state index contributed by atoms with van der Waals surface area (Å²) >= 11 is 0. The maximum Gasteiger partial charge on any atom is 0.169 e. The van der Waals surface area contributed by atoms with E-state index >= 15 is 0 Å². The Hall–Kier alpha value is -2.23. The molecule has 3 atom stereocenters. The lowest BCUT2D eigenvalue weighted by Gasteiger charge is -2.44. The first-order valence-electron chi connectivity index (χ1n) is 8.63. The Kier molecular flexibility index (Phi) is 5.16. The first-order chi connectivity index (χ1) is 12.0. The minimum absolute atomic E-state index is 0.00654. The molecule has 0 saturated carbocycles. The molecule has 1 saturated heterocycles. The Balaban J connectivity index is 1.94. The van der Waals surface area contributed by atoms with Gasteiger partial charge in [0.15, 0.2) is 5.78 Å². The van der Waals surface area contributed by atoms with E-state index in [1.807, 2.05) is 86.7 Å². The fourth-order valence-electron chi connectivity index (χ4n) is 3.48. The lowest BCUT2D eigenvalue weighted by atomic mass is 9.71. The molecule has 1 aliphatic heterocycles. The minimum atomic E-state index is -0.703. The molecule has 0 aromatic heterocycles. The number of benzene rings is 2. The van der Waals surface area contributed by atoms with E-state index in [-0.39, 0.29) is 18.3 Å². The Morgan fingerprint density at radius 1 is 1.08 bits per heavy atom. The van der Waals surface area contributed by atoms with Crippen molar-refractivity contribution in [3.63, 3.8) is 0 Å². The van der Waals surface area contributed by atoms with E-state index in [9.17, 15) is 9.90 Å². The third-order valence-corrected chi connectivity index (χ3v) is 4.86. The summed E-state index contributed by atoms with van der Waals surface area (Å²) in [6, 6.07) is 19.1. The number of hydrogen-bond acceptors (Lipinski definition) is 3. The van der Waals surface area contributed by atoms with Crippen LogP contribution in [-0.2, 0) is 4.74 Å². The first kappa shape index (κ1) is 17.6. The molecule has 3 rings (SSSR count). The minimum Gasteiger partial charge on any atom is -0.390 e. The summed E-state index contributed by atoms with van der Waals surface area (Å²) in [5.41, 5.74) is 1.05. The van der Waals surface area contributed by atoms with Gasteiger partial charge in [-0.15, -0.1) is 0 Å². The van der Waals surface area contributed by atoms with Crippen LogP contribution in [0.2, 0.25) is 0 Å². The van der Waals surface area contributed by atoms with Crippen molar-refractivity contribution < 1.29 is 14.6 Å². The van der Waals surface area contributed by atoms with Crippen molar-refractivity contribution in [1.29, 1.82) is 0 Å². The largest absolute Gasteiger partial charge is 0.390 e. The van der Waals surface area contributed by atoms with Crippen molar-refractivity contribution in [2.45, 2.75) is 25.6 Å². The fraction of sp³-hybridized carbons (Fsp3) is 0.318. The lowest BCUT2D eigenvalue weighted by Crippen LogP contribution is -2.53. The molecule has 25 heavy (non-hydrogen) atoms. The van der Waals surface area contributed by atoms with Crippen LogP contribution in [0.25, 0.3) is 6.08 Å². The number of ether oxygens (including phenoxy) is 1. The summed E-state index contributed by atoms with van der Waals surface area (Å²) < 4.78 is 5.81. The fourth-order valence-corrected chi connectivity index (χ4v) is 3.48. The molecule has 130 valence electrons. The van der Waals surface area contributed by atoms with Crippen molar-refractivity contribution in [2.24, 2.45) is 11.8 Å². The third kappa shape index (κ3) is 3.89. The second kappa shape index (κ2) is 7.34. The van der Waals surface area contributed by atoms with Crippen LogP contribution in [0, 0.1) is 11.8 Å². The molecule has 3 heteroatoms. The average Bonchev–Trinajstić information content (AvgIpc) is 2.63. The number of aliphatic hydroxyl groups excluding tert-OH is 1. The maximum absolute atomic E-state index is 13.2. The molecule has 1 heterocycles. The van der Waals surface area contributed by atoms with Gasteiger partial charge >= 0.3 is 0 Å². The molecule has 2 aromatic carbocycles. The molecule has 2 aromatic rings. The Morgan fingerprint density at radius 3 is 2.32 bits per heavy atom. The Bertz CT molecular complexity index is 734. The molecule has 0 bridgehead atoms. The summed E-state index contributed by atoms with van der Waals surface area (Å²) in [6.07, 6.45) is 3.22. The number of Topliss-reactive ketones (excluding diaryl/α,β-unsaturated/α-hetero) is 1. The van der Waals surface area contributed by atoms with E-state index in [0.717, 1.165) is 5.56 Å². The molecule has 0 radical (unpaired) electrons. The second-order valence-electron chi connectivity index (χ2n) is 7.04. The zero-order valence-corrected chi connectivity index (χ0v) is 14.6. The van der Waals surface area contributed by atoms with Crippen LogP contribution in [-0.4, -0.2) is 29.2 Å². The molecule has 3 nitrogen and oxygen atoms in total. The first-order valence-corrected chi connectivity index (χ1v) is 8.63. The van der Waals surface area contributed by atoms with Crippen molar-refractivity contribution in [3.05, 3.63) is 77.9 Å². The Morgan fingerprint density at radius 2 is 1.68 bits per heavy atom. The summed E-state index contributed by atoms with van der Waals surface area (Å²) in [5.74, 6) is -0.734. The molecule has 0 amide bonds. The van der Waals surface area contributed by atoms with Crippen LogP contribution in [0.5, 0.6) is 0 Å². The van der Waals surface area contributed by atoms with Gasteiger partial charge in [-0.2, -0.15) is 0 Å². The van der Waals surface area contributed by atoms with Gasteiger partial charge in [0.2, 0.25) is 0 Å². The third-order valence-electron chi connectivity index (χ3n) is 4.86. The summed E-state index contributed by atoms with van der Waals surface area (Å²) in [5, 5.41) is 10.5. The predicted molar refractivity (Wildman–Crippen MR) is 99.3 cm³/mol.